The van der Waals surface area contributed by atoms with Crippen molar-refractivity contribution in [1.29, 1.82) is 0 Å². The van der Waals surface area contributed by atoms with E-state index in [2.05, 4.69) is 50.4 Å². The monoisotopic (exact) mass is 291 g/mol. The summed E-state index contributed by atoms with van der Waals surface area (Å²) in [6.45, 7) is 6.81. The molecule has 0 spiro atoms. The molecule has 2 heteroatoms. The highest BCUT2D eigenvalue weighted by Gasteiger charge is 2.25. The Bertz CT molecular complexity index is 906. The molecule has 112 valence electrons. The van der Waals surface area contributed by atoms with Crippen LogP contribution < -0.4 is 15.8 Å². The molecule has 2 aliphatic rings. The SMILES string of the molecule is CC1=c2cc3c(cc2NC(C)(C)C1)=Cc1c(CO)cccc1-3. The molecule has 0 amide bonds. The van der Waals surface area contributed by atoms with Crippen molar-refractivity contribution in [1.82, 2.24) is 0 Å². The first-order valence-electron chi connectivity index (χ1n) is 7.85. The van der Waals surface area contributed by atoms with E-state index in [4.69, 9.17) is 0 Å². The van der Waals surface area contributed by atoms with Gasteiger partial charge in [0.25, 0.3) is 0 Å². The fourth-order valence-electron chi connectivity index (χ4n) is 3.90. The smallest absolute Gasteiger partial charge is 0.0687 e. The molecule has 2 N–H and O–H groups in total. The first-order valence-corrected chi connectivity index (χ1v) is 7.85. The third-order valence-electron chi connectivity index (χ3n) is 4.79. The van der Waals surface area contributed by atoms with Crippen LogP contribution in [0.15, 0.2) is 30.3 Å². The Morgan fingerprint density at radius 2 is 2.00 bits per heavy atom. The third kappa shape index (κ3) is 1.91. The van der Waals surface area contributed by atoms with Crippen LogP contribution in [0.3, 0.4) is 0 Å². The molecule has 1 aliphatic heterocycles. The van der Waals surface area contributed by atoms with Crippen LogP contribution >= 0.6 is 0 Å². The van der Waals surface area contributed by atoms with Gasteiger partial charge in [0, 0.05) is 11.2 Å². The van der Waals surface area contributed by atoms with Crippen LogP contribution in [-0.4, -0.2) is 10.6 Å². The van der Waals surface area contributed by atoms with Crippen molar-refractivity contribution in [3.05, 3.63) is 51.9 Å². The molecule has 0 saturated carbocycles. The molecule has 1 aliphatic carbocycles. The Labute approximate surface area is 130 Å². The number of nitrogens with one attached hydrogen (secondary N) is 1. The summed E-state index contributed by atoms with van der Waals surface area (Å²) in [5, 5.41) is 15.8. The van der Waals surface area contributed by atoms with E-state index in [9.17, 15) is 5.11 Å². The molecule has 4 rings (SSSR count). The zero-order valence-electron chi connectivity index (χ0n) is 13.3. The minimum absolute atomic E-state index is 0.0871. The van der Waals surface area contributed by atoms with Gasteiger partial charge in [-0.25, -0.2) is 0 Å². The fraction of sp³-hybridized carbons (Fsp3) is 0.300. The van der Waals surface area contributed by atoms with E-state index in [0.29, 0.717) is 0 Å². The van der Waals surface area contributed by atoms with Crippen LogP contribution in [0.5, 0.6) is 0 Å². The summed E-state index contributed by atoms with van der Waals surface area (Å²) in [6, 6.07) is 10.8. The number of benzene rings is 2. The van der Waals surface area contributed by atoms with Crippen molar-refractivity contribution in [3.8, 4) is 11.1 Å². The van der Waals surface area contributed by atoms with Crippen molar-refractivity contribution in [3.63, 3.8) is 0 Å². The van der Waals surface area contributed by atoms with E-state index in [1.54, 1.807) is 0 Å². The first-order chi connectivity index (χ1) is 10.5. The van der Waals surface area contributed by atoms with Gasteiger partial charge in [-0.2, -0.15) is 0 Å². The lowest BCUT2D eigenvalue weighted by Gasteiger charge is -2.32. The van der Waals surface area contributed by atoms with E-state index in [-0.39, 0.29) is 12.1 Å². The largest absolute Gasteiger partial charge is 0.392 e. The fourth-order valence-corrected chi connectivity index (χ4v) is 3.90. The molecule has 0 aromatic heterocycles. The van der Waals surface area contributed by atoms with Gasteiger partial charge in [0.2, 0.25) is 0 Å². The Kier molecular flexibility index (Phi) is 2.76. The molecule has 0 atom stereocenters. The zero-order valence-corrected chi connectivity index (χ0v) is 13.3. The highest BCUT2D eigenvalue weighted by molar-refractivity contribution is 5.86. The summed E-state index contributed by atoms with van der Waals surface area (Å²) in [5.74, 6) is 0. The Morgan fingerprint density at radius 1 is 1.18 bits per heavy atom. The van der Waals surface area contributed by atoms with Crippen molar-refractivity contribution < 1.29 is 5.11 Å². The maximum Gasteiger partial charge on any atom is 0.0687 e. The van der Waals surface area contributed by atoms with Gasteiger partial charge in [0.15, 0.2) is 0 Å². The molecule has 1 heterocycles. The van der Waals surface area contributed by atoms with Crippen LogP contribution in [0, 0.1) is 0 Å². The molecule has 0 bridgehead atoms. The normalized spacial score (nSPS) is 17.2. The van der Waals surface area contributed by atoms with Gasteiger partial charge >= 0.3 is 0 Å². The number of aliphatic hydroxyl groups excluding tert-OH is 1. The lowest BCUT2D eigenvalue weighted by molar-refractivity contribution is 0.281. The van der Waals surface area contributed by atoms with Crippen LogP contribution in [0.4, 0.5) is 5.69 Å². The van der Waals surface area contributed by atoms with E-state index in [1.807, 2.05) is 12.1 Å². The van der Waals surface area contributed by atoms with Gasteiger partial charge in [0.1, 0.15) is 0 Å². The van der Waals surface area contributed by atoms with Gasteiger partial charge in [-0.1, -0.05) is 23.8 Å². The number of fused-ring (bicyclic) bond motifs is 4. The highest BCUT2D eigenvalue weighted by atomic mass is 16.3. The van der Waals surface area contributed by atoms with Crippen LogP contribution in [0.25, 0.3) is 22.8 Å². The molecule has 2 aromatic carbocycles. The topological polar surface area (TPSA) is 32.3 Å². The van der Waals surface area contributed by atoms with Crippen molar-refractivity contribution in [2.45, 2.75) is 39.3 Å². The predicted octanol–water partition coefficient (Wildman–Crippen LogP) is 2.75. The number of aliphatic hydroxyl groups is 1. The minimum Gasteiger partial charge on any atom is -0.392 e. The lowest BCUT2D eigenvalue weighted by atomic mass is 9.88. The van der Waals surface area contributed by atoms with Gasteiger partial charge in [-0.15, -0.1) is 0 Å². The van der Waals surface area contributed by atoms with E-state index in [0.717, 1.165) is 12.0 Å². The maximum absolute atomic E-state index is 9.57. The summed E-state index contributed by atoms with van der Waals surface area (Å²) in [5.41, 5.74) is 7.45. The Morgan fingerprint density at radius 3 is 2.77 bits per heavy atom. The summed E-state index contributed by atoms with van der Waals surface area (Å²) < 4.78 is 0. The average molecular weight is 291 g/mol. The molecule has 2 aromatic rings. The number of hydrogen-bond donors (Lipinski definition) is 2. The van der Waals surface area contributed by atoms with Gasteiger partial charge < -0.3 is 10.4 Å². The number of anilines is 1. The number of hydrogen-bond acceptors (Lipinski definition) is 2. The first kappa shape index (κ1) is 13.6. The molecular weight excluding hydrogens is 270 g/mol. The van der Waals surface area contributed by atoms with Crippen LogP contribution in [-0.2, 0) is 6.61 Å². The molecule has 22 heavy (non-hydrogen) atoms. The third-order valence-corrected chi connectivity index (χ3v) is 4.79. The van der Waals surface area contributed by atoms with Gasteiger partial charge in [-0.3, -0.25) is 0 Å². The maximum atomic E-state index is 9.57. The quantitative estimate of drug-likeness (QED) is 0.722. The van der Waals surface area contributed by atoms with E-state index in [1.165, 1.54) is 38.4 Å². The average Bonchev–Trinajstić information content (AvgIpc) is 2.81. The van der Waals surface area contributed by atoms with Gasteiger partial charge in [-0.05, 0) is 78.1 Å². The predicted molar refractivity (Wildman–Crippen MR) is 92.0 cm³/mol. The van der Waals surface area contributed by atoms with E-state index >= 15 is 0 Å². The zero-order chi connectivity index (χ0) is 15.5. The van der Waals surface area contributed by atoms with Crippen molar-refractivity contribution in [2.24, 2.45) is 0 Å². The number of rotatable bonds is 1. The molecule has 0 unspecified atom stereocenters. The molecular formula is C20H21NO. The lowest BCUT2D eigenvalue weighted by Crippen LogP contribution is -2.39. The van der Waals surface area contributed by atoms with Crippen LogP contribution in [0.2, 0.25) is 0 Å². The Balaban J connectivity index is 2.01. The van der Waals surface area contributed by atoms with E-state index < -0.39 is 0 Å². The van der Waals surface area contributed by atoms with Crippen molar-refractivity contribution >= 4 is 17.3 Å². The van der Waals surface area contributed by atoms with Gasteiger partial charge in [0.05, 0.1) is 6.61 Å². The second-order valence-electron chi connectivity index (χ2n) is 7.13. The van der Waals surface area contributed by atoms with Crippen LogP contribution in [0.1, 0.15) is 38.3 Å². The summed E-state index contributed by atoms with van der Waals surface area (Å²) in [7, 11) is 0. The molecule has 2 nitrogen and oxygen atoms in total. The second kappa shape index (κ2) is 4.47. The standard InChI is InChI=1S/C20H21NO/c1-12-10-20(2,3)21-19-8-14-7-17-13(11-22)5-4-6-15(17)18(14)9-16(12)19/h4-9,21-22H,10-11H2,1-3H3. The minimum atomic E-state index is 0.0871. The summed E-state index contributed by atoms with van der Waals surface area (Å²) in [6.07, 6.45) is 3.27. The highest BCUT2D eigenvalue weighted by Crippen LogP contribution is 2.31. The summed E-state index contributed by atoms with van der Waals surface area (Å²) >= 11 is 0. The molecule has 0 saturated heterocycles. The summed E-state index contributed by atoms with van der Waals surface area (Å²) in [4.78, 5) is 0. The second-order valence-corrected chi connectivity index (χ2v) is 7.13. The molecule has 0 fully saturated rings. The van der Waals surface area contributed by atoms with Crippen molar-refractivity contribution in [2.75, 3.05) is 5.32 Å². The Hall–Kier alpha value is -2.06. The molecule has 0 radical (unpaired) electrons.